The molecular formula is C50H58F2N6O8. The second-order valence-electron chi connectivity index (χ2n) is 19.8. The van der Waals surface area contributed by atoms with Crippen molar-refractivity contribution < 1.29 is 47.0 Å². The van der Waals surface area contributed by atoms with Crippen LogP contribution < -0.4 is 29.7 Å². The molecule has 16 heteroatoms. The van der Waals surface area contributed by atoms with Gasteiger partial charge in [-0.1, -0.05) is 27.7 Å². The molecule has 2 saturated heterocycles. The van der Waals surface area contributed by atoms with Gasteiger partial charge >= 0.3 is 0 Å². The molecule has 5 amide bonds. The van der Waals surface area contributed by atoms with E-state index in [1.807, 2.05) is 55.1 Å². The number of hydrogen-bond donors (Lipinski definition) is 2. The smallest absolute Gasteiger partial charge is 0.266 e. The van der Waals surface area contributed by atoms with E-state index >= 15 is 0 Å². The fourth-order valence-electron chi connectivity index (χ4n) is 11.3. The average molecular weight is 909 g/mol. The summed E-state index contributed by atoms with van der Waals surface area (Å²) in [5, 5.41) is 15.0. The van der Waals surface area contributed by atoms with Gasteiger partial charge in [0.2, 0.25) is 11.8 Å². The van der Waals surface area contributed by atoms with E-state index in [4.69, 9.17) is 14.2 Å². The summed E-state index contributed by atoms with van der Waals surface area (Å²) in [5.41, 5.74) is 3.27. The maximum atomic E-state index is 13.9. The van der Waals surface area contributed by atoms with Crippen molar-refractivity contribution in [1.82, 2.24) is 20.4 Å². The molecule has 66 heavy (non-hydrogen) atoms. The lowest BCUT2D eigenvalue weighted by Gasteiger charge is -2.63. The molecule has 3 aromatic rings. The van der Waals surface area contributed by atoms with E-state index in [2.05, 4.69) is 49.3 Å². The highest BCUT2D eigenvalue weighted by Crippen LogP contribution is 2.55. The van der Waals surface area contributed by atoms with Gasteiger partial charge in [0.25, 0.3) is 24.1 Å². The van der Waals surface area contributed by atoms with Gasteiger partial charge in [0.1, 0.15) is 35.5 Å². The Morgan fingerprint density at radius 2 is 1.56 bits per heavy atom. The zero-order valence-corrected chi connectivity index (χ0v) is 38.5. The molecule has 3 heterocycles. The van der Waals surface area contributed by atoms with Crippen LogP contribution in [0.15, 0.2) is 48.5 Å². The Kier molecular flexibility index (Phi) is 12.6. The number of ether oxygens (including phenoxy) is 3. The van der Waals surface area contributed by atoms with Crippen molar-refractivity contribution in [3.8, 4) is 23.3 Å². The zero-order valence-electron chi connectivity index (χ0n) is 38.5. The SMILES string of the molecule is COc1cc(OC2CC(N(CC(F)F)CC3CCN(c4ccc(C(=O)NC5C(C)(C)C(Oc6cc(C)c(C#N)c(C)c6)C5(C)C)cc4)CC3)C2)cc2c1C(=O)N([C@@H]1CCC(=O)NC1=O)C2=O. The number of methoxy groups -OCH3 is 1. The third-order valence-corrected chi connectivity index (χ3v) is 14.5. The first-order valence-corrected chi connectivity index (χ1v) is 22.8. The monoisotopic (exact) mass is 908 g/mol. The highest BCUT2D eigenvalue weighted by atomic mass is 19.3. The Bertz CT molecular complexity index is 2430. The first-order chi connectivity index (χ1) is 31.3. The number of aryl methyl sites for hydroxylation is 2. The molecule has 14 nitrogen and oxygen atoms in total. The van der Waals surface area contributed by atoms with Crippen molar-refractivity contribution in [2.24, 2.45) is 16.7 Å². The van der Waals surface area contributed by atoms with Gasteiger partial charge < -0.3 is 24.4 Å². The van der Waals surface area contributed by atoms with Crippen LogP contribution in [-0.2, 0) is 9.59 Å². The Labute approximate surface area is 383 Å². The van der Waals surface area contributed by atoms with Crippen LogP contribution in [0.4, 0.5) is 14.5 Å². The molecule has 5 aliphatic rings. The number of fused-ring (bicyclic) bond motifs is 1. The molecule has 0 unspecified atom stereocenters. The van der Waals surface area contributed by atoms with Crippen LogP contribution in [0.25, 0.3) is 0 Å². The summed E-state index contributed by atoms with van der Waals surface area (Å²) in [5.74, 6) is -1.37. The molecular weight excluding hydrogens is 851 g/mol. The summed E-state index contributed by atoms with van der Waals surface area (Å²) in [6.07, 6.45) is -0.315. The van der Waals surface area contributed by atoms with Gasteiger partial charge in [0.05, 0.1) is 36.4 Å². The summed E-state index contributed by atoms with van der Waals surface area (Å²) >= 11 is 0. The van der Waals surface area contributed by atoms with Gasteiger partial charge in [-0.2, -0.15) is 5.26 Å². The molecule has 1 atom stereocenters. The van der Waals surface area contributed by atoms with Crippen molar-refractivity contribution in [2.75, 3.05) is 38.2 Å². The highest BCUT2D eigenvalue weighted by Gasteiger charge is 2.64. The highest BCUT2D eigenvalue weighted by molar-refractivity contribution is 6.24. The first-order valence-electron chi connectivity index (χ1n) is 22.8. The quantitative estimate of drug-likeness (QED) is 0.167. The zero-order chi connectivity index (χ0) is 47.4. The normalized spacial score (nSPS) is 24.6. The number of amides is 5. The number of carbonyl (C=O) groups excluding carboxylic acids is 5. The second-order valence-corrected chi connectivity index (χ2v) is 19.8. The van der Waals surface area contributed by atoms with Crippen molar-refractivity contribution >= 4 is 35.2 Å². The van der Waals surface area contributed by atoms with Crippen LogP contribution in [0.2, 0.25) is 0 Å². The van der Waals surface area contributed by atoms with Crippen LogP contribution in [0.3, 0.4) is 0 Å². The minimum absolute atomic E-state index is 0.00114. The van der Waals surface area contributed by atoms with Crippen LogP contribution in [-0.4, -0.2) is 109 Å². The topological polar surface area (TPSA) is 171 Å². The Morgan fingerprint density at radius 1 is 0.924 bits per heavy atom. The van der Waals surface area contributed by atoms with Crippen molar-refractivity contribution in [3.63, 3.8) is 0 Å². The minimum atomic E-state index is -2.50. The standard InChI is InChI=1S/C50H58F2N6O8/c1-27-18-33(19-28(2)37(27)24-53)66-48-49(3,4)47(50(48,5)6)55-43(60)30-8-10-31(11-9-30)56-16-14-29(15-17-56)25-57(26-40(51)52)32-20-34(21-32)65-35-22-36-42(39(23-35)64-7)46(63)58(45(36)62)38-12-13-41(59)54-44(38)61/h8-11,18-19,22-23,29,32,34,38,40,47-48H,12-17,20-21,25-26H2,1-7H3,(H,55,60)(H,54,59,61)/t32?,34?,38-,47?,48?/m1/s1. The average Bonchev–Trinajstić information content (AvgIpc) is 3.50. The predicted molar refractivity (Wildman–Crippen MR) is 240 cm³/mol. The van der Waals surface area contributed by atoms with E-state index in [0.717, 1.165) is 47.6 Å². The predicted octanol–water partition coefficient (Wildman–Crippen LogP) is 6.59. The minimum Gasteiger partial charge on any atom is -0.496 e. The number of nitrogens with one attached hydrogen (secondary N) is 2. The van der Waals surface area contributed by atoms with Crippen molar-refractivity contribution in [2.45, 2.75) is 117 Å². The lowest BCUT2D eigenvalue weighted by atomic mass is 9.49. The number of benzene rings is 3. The largest absolute Gasteiger partial charge is 0.496 e. The second kappa shape index (κ2) is 18.0. The number of anilines is 1. The summed E-state index contributed by atoms with van der Waals surface area (Å²) in [6, 6.07) is 15.2. The van der Waals surface area contributed by atoms with Gasteiger partial charge in [0, 0.05) is 79.1 Å². The van der Waals surface area contributed by atoms with Crippen LogP contribution in [0, 0.1) is 41.9 Å². The third kappa shape index (κ3) is 8.69. The third-order valence-electron chi connectivity index (χ3n) is 14.5. The van der Waals surface area contributed by atoms with Gasteiger partial charge in [-0.3, -0.25) is 39.1 Å². The Balaban J connectivity index is 0.821. The van der Waals surface area contributed by atoms with Gasteiger partial charge in [-0.25, -0.2) is 8.78 Å². The van der Waals surface area contributed by atoms with Gasteiger partial charge in [-0.05, 0) is 92.6 Å². The summed E-state index contributed by atoms with van der Waals surface area (Å²) in [6.45, 7) is 13.9. The molecule has 0 aromatic heterocycles. The van der Waals surface area contributed by atoms with Crippen molar-refractivity contribution in [1.29, 1.82) is 5.26 Å². The number of imide groups is 2. The van der Waals surface area contributed by atoms with Crippen LogP contribution >= 0.6 is 0 Å². The lowest BCUT2D eigenvalue weighted by Crippen LogP contribution is -2.74. The van der Waals surface area contributed by atoms with Gasteiger partial charge in [-0.15, -0.1) is 0 Å². The van der Waals surface area contributed by atoms with Crippen LogP contribution in [0.1, 0.15) is 114 Å². The number of carbonyl (C=O) groups is 5. The van der Waals surface area contributed by atoms with E-state index in [1.165, 1.54) is 19.2 Å². The lowest BCUT2D eigenvalue weighted by molar-refractivity contribution is -0.164. The summed E-state index contributed by atoms with van der Waals surface area (Å²) < 4.78 is 46.1. The number of alkyl halides is 2. The molecule has 2 N–H and O–H groups in total. The van der Waals surface area contributed by atoms with E-state index < -0.39 is 36.1 Å². The molecule has 2 saturated carbocycles. The molecule has 3 aliphatic heterocycles. The molecule has 2 aliphatic carbocycles. The fourth-order valence-corrected chi connectivity index (χ4v) is 11.3. The molecule has 350 valence electrons. The van der Waals surface area contributed by atoms with Gasteiger partial charge in [0.15, 0.2) is 0 Å². The first kappa shape index (κ1) is 46.4. The van der Waals surface area contributed by atoms with E-state index in [9.17, 15) is 38.0 Å². The molecule has 0 radical (unpaired) electrons. The number of rotatable bonds is 14. The Hall–Kier alpha value is -6.08. The summed E-state index contributed by atoms with van der Waals surface area (Å²) in [7, 11) is 1.36. The Morgan fingerprint density at radius 3 is 2.15 bits per heavy atom. The number of piperidine rings is 2. The molecule has 0 spiro atoms. The fraction of sp³-hybridized carbons (Fsp3) is 0.520. The maximum Gasteiger partial charge on any atom is 0.266 e. The number of hydrogen-bond acceptors (Lipinski definition) is 11. The molecule has 8 rings (SSSR count). The number of nitriles is 1. The molecule has 4 fully saturated rings. The van der Waals surface area contributed by atoms with Crippen molar-refractivity contribution in [3.05, 3.63) is 81.9 Å². The molecule has 3 aromatic carbocycles. The van der Waals surface area contributed by atoms with E-state index in [-0.39, 0.29) is 83.2 Å². The number of nitrogens with zero attached hydrogens (tertiary/aromatic N) is 4. The molecule has 0 bridgehead atoms. The number of halogens is 2. The maximum absolute atomic E-state index is 13.9. The van der Waals surface area contributed by atoms with Crippen LogP contribution in [0.5, 0.6) is 17.2 Å². The summed E-state index contributed by atoms with van der Waals surface area (Å²) in [4.78, 5) is 69.7. The van der Waals surface area contributed by atoms with E-state index in [0.29, 0.717) is 42.0 Å². The van der Waals surface area contributed by atoms with E-state index in [1.54, 1.807) is 0 Å².